The Morgan fingerprint density at radius 1 is 1.32 bits per heavy atom. The van der Waals surface area contributed by atoms with Crippen molar-refractivity contribution in [2.75, 3.05) is 13.6 Å². The molecule has 0 amide bonds. The number of rotatable bonds is 6. The molecule has 0 saturated carbocycles. The molecule has 0 spiro atoms. The number of nitrogens with zero attached hydrogens (tertiary/aromatic N) is 3. The van der Waals surface area contributed by atoms with Crippen LogP contribution in [0, 0.1) is 0 Å². The standard InChI is InChI=1S/C16H23N5O/c1-12(2)15-10-14(22-21-15)11-20-16(17-3)19-9-7-13-6-4-5-8-18-13/h4-6,8,10,12H,7,9,11H2,1-3H3,(H2,17,19,20). The molecule has 6 nitrogen and oxygen atoms in total. The van der Waals surface area contributed by atoms with E-state index < -0.39 is 0 Å². The van der Waals surface area contributed by atoms with Gasteiger partial charge in [-0.25, -0.2) is 0 Å². The second-order valence-corrected chi connectivity index (χ2v) is 5.30. The van der Waals surface area contributed by atoms with Crippen LogP contribution in [0.4, 0.5) is 0 Å². The fraction of sp³-hybridized carbons (Fsp3) is 0.438. The van der Waals surface area contributed by atoms with Crippen LogP contribution in [0.3, 0.4) is 0 Å². The lowest BCUT2D eigenvalue weighted by atomic mass is 10.1. The molecule has 0 aliphatic heterocycles. The maximum Gasteiger partial charge on any atom is 0.191 e. The van der Waals surface area contributed by atoms with Gasteiger partial charge < -0.3 is 15.2 Å². The Balaban J connectivity index is 1.75. The van der Waals surface area contributed by atoms with Crippen molar-refractivity contribution in [1.29, 1.82) is 0 Å². The number of hydrogen-bond acceptors (Lipinski definition) is 4. The predicted octanol–water partition coefficient (Wildman–Crippen LogP) is 2.10. The van der Waals surface area contributed by atoms with E-state index in [0.29, 0.717) is 12.5 Å². The smallest absolute Gasteiger partial charge is 0.191 e. The Morgan fingerprint density at radius 2 is 2.18 bits per heavy atom. The van der Waals surface area contributed by atoms with Gasteiger partial charge in [0.15, 0.2) is 11.7 Å². The first-order chi connectivity index (χ1) is 10.7. The number of guanidine groups is 1. The summed E-state index contributed by atoms with van der Waals surface area (Å²) in [6.45, 7) is 5.51. The van der Waals surface area contributed by atoms with Crippen LogP contribution in [0.1, 0.15) is 36.9 Å². The zero-order valence-corrected chi connectivity index (χ0v) is 13.3. The molecule has 2 N–H and O–H groups in total. The second kappa shape index (κ2) is 8.17. The van der Waals surface area contributed by atoms with Gasteiger partial charge in [-0.15, -0.1) is 0 Å². The fourth-order valence-corrected chi connectivity index (χ4v) is 1.93. The van der Waals surface area contributed by atoms with Crippen LogP contribution < -0.4 is 10.6 Å². The summed E-state index contributed by atoms with van der Waals surface area (Å²) in [7, 11) is 1.75. The van der Waals surface area contributed by atoms with Crippen molar-refractivity contribution >= 4 is 5.96 Å². The van der Waals surface area contributed by atoms with Gasteiger partial charge in [0.25, 0.3) is 0 Å². The third-order valence-corrected chi connectivity index (χ3v) is 3.22. The zero-order valence-electron chi connectivity index (χ0n) is 13.3. The molecule has 0 aliphatic carbocycles. The van der Waals surface area contributed by atoms with Crippen molar-refractivity contribution in [2.24, 2.45) is 4.99 Å². The maximum absolute atomic E-state index is 5.29. The summed E-state index contributed by atoms with van der Waals surface area (Å²) in [5, 5.41) is 10.5. The lowest BCUT2D eigenvalue weighted by molar-refractivity contribution is 0.372. The van der Waals surface area contributed by atoms with Gasteiger partial charge >= 0.3 is 0 Å². The van der Waals surface area contributed by atoms with Gasteiger partial charge in [-0.1, -0.05) is 25.1 Å². The minimum atomic E-state index is 0.369. The van der Waals surface area contributed by atoms with E-state index in [9.17, 15) is 0 Å². The molecule has 0 unspecified atom stereocenters. The quantitative estimate of drug-likeness (QED) is 0.631. The normalized spacial score (nSPS) is 11.7. The third kappa shape index (κ3) is 4.87. The minimum absolute atomic E-state index is 0.369. The molecule has 2 heterocycles. The van der Waals surface area contributed by atoms with Crippen LogP contribution in [0.15, 0.2) is 40.0 Å². The molecule has 0 aliphatic rings. The van der Waals surface area contributed by atoms with Crippen molar-refractivity contribution in [3.63, 3.8) is 0 Å². The van der Waals surface area contributed by atoms with Crippen molar-refractivity contribution in [1.82, 2.24) is 20.8 Å². The summed E-state index contributed by atoms with van der Waals surface area (Å²) in [4.78, 5) is 8.48. The number of nitrogens with one attached hydrogen (secondary N) is 2. The van der Waals surface area contributed by atoms with Crippen LogP contribution in [0.2, 0.25) is 0 Å². The van der Waals surface area contributed by atoms with Gasteiger partial charge in [0.2, 0.25) is 0 Å². The molecular weight excluding hydrogens is 278 g/mol. The molecule has 0 bridgehead atoms. The van der Waals surface area contributed by atoms with E-state index in [-0.39, 0.29) is 0 Å². The highest BCUT2D eigenvalue weighted by Crippen LogP contribution is 2.13. The van der Waals surface area contributed by atoms with Crippen LogP contribution in [0.5, 0.6) is 0 Å². The fourth-order valence-electron chi connectivity index (χ4n) is 1.93. The molecule has 2 aromatic heterocycles. The molecular formula is C16H23N5O. The van der Waals surface area contributed by atoms with Gasteiger partial charge in [-0.05, 0) is 18.1 Å². The van der Waals surface area contributed by atoms with Gasteiger partial charge in [0, 0.05) is 38.0 Å². The van der Waals surface area contributed by atoms with Crippen molar-refractivity contribution in [2.45, 2.75) is 32.7 Å². The molecule has 2 aromatic rings. The number of pyridine rings is 1. The summed E-state index contributed by atoms with van der Waals surface area (Å²) in [6.07, 6.45) is 2.65. The molecule has 0 fully saturated rings. The van der Waals surface area contributed by atoms with E-state index in [0.717, 1.165) is 36.1 Å². The third-order valence-electron chi connectivity index (χ3n) is 3.22. The number of hydrogen-bond donors (Lipinski definition) is 2. The van der Waals surface area contributed by atoms with E-state index in [1.165, 1.54) is 0 Å². The molecule has 22 heavy (non-hydrogen) atoms. The monoisotopic (exact) mass is 301 g/mol. The highest BCUT2D eigenvalue weighted by Gasteiger charge is 2.08. The molecule has 2 rings (SSSR count). The maximum atomic E-state index is 5.29. The van der Waals surface area contributed by atoms with E-state index >= 15 is 0 Å². The second-order valence-electron chi connectivity index (χ2n) is 5.30. The highest BCUT2D eigenvalue weighted by molar-refractivity contribution is 5.79. The molecule has 0 aromatic carbocycles. The Morgan fingerprint density at radius 3 is 2.82 bits per heavy atom. The number of aliphatic imine (C=N–C) groups is 1. The Labute approximate surface area is 131 Å². The first-order valence-electron chi connectivity index (χ1n) is 7.49. The summed E-state index contributed by atoms with van der Waals surface area (Å²) < 4.78 is 5.29. The van der Waals surface area contributed by atoms with Gasteiger partial charge in [0.05, 0.1) is 12.2 Å². The number of aromatic nitrogens is 2. The first kappa shape index (κ1) is 16.0. The molecule has 118 valence electrons. The van der Waals surface area contributed by atoms with E-state index in [1.54, 1.807) is 13.2 Å². The lowest BCUT2D eigenvalue weighted by Gasteiger charge is -2.10. The van der Waals surface area contributed by atoms with Crippen LogP contribution in [-0.4, -0.2) is 29.7 Å². The molecule has 6 heteroatoms. The van der Waals surface area contributed by atoms with Crippen LogP contribution in [0.25, 0.3) is 0 Å². The van der Waals surface area contributed by atoms with E-state index in [4.69, 9.17) is 4.52 Å². The molecule has 0 radical (unpaired) electrons. The summed E-state index contributed by atoms with van der Waals surface area (Å²) in [6, 6.07) is 7.89. The van der Waals surface area contributed by atoms with Crippen molar-refractivity contribution in [3.8, 4) is 0 Å². The Bertz CT molecular complexity index is 592. The summed E-state index contributed by atoms with van der Waals surface area (Å²) in [5.74, 6) is 1.91. The van der Waals surface area contributed by atoms with Crippen molar-refractivity contribution in [3.05, 3.63) is 47.6 Å². The van der Waals surface area contributed by atoms with Gasteiger partial charge in [-0.3, -0.25) is 9.98 Å². The summed E-state index contributed by atoms with van der Waals surface area (Å²) in [5.41, 5.74) is 2.03. The van der Waals surface area contributed by atoms with E-state index in [1.807, 2.05) is 24.3 Å². The molecule has 0 saturated heterocycles. The minimum Gasteiger partial charge on any atom is -0.359 e. The zero-order chi connectivity index (χ0) is 15.8. The molecule has 0 atom stereocenters. The average Bonchev–Trinajstić information content (AvgIpc) is 3.01. The Hall–Kier alpha value is -2.37. The average molecular weight is 301 g/mol. The van der Waals surface area contributed by atoms with Crippen molar-refractivity contribution < 1.29 is 4.52 Å². The summed E-state index contributed by atoms with van der Waals surface area (Å²) >= 11 is 0. The van der Waals surface area contributed by atoms with Gasteiger partial charge in [-0.2, -0.15) is 0 Å². The van der Waals surface area contributed by atoms with Gasteiger partial charge in [0.1, 0.15) is 0 Å². The van der Waals surface area contributed by atoms with E-state index in [2.05, 4.69) is 39.6 Å². The SMILES string of the molecule is CN=C(NCCc1ccccn1)NCc1cc(C(C)C)no1. The predicted molar refractivity (Wildman–Crippen MR) is 86.7 cm³/mol. The highest BCUT2D eigenvalue weighted by atomic mass is 16.5. The Kier molecular flexibility index (Phi) is 5.94. The largest absolute Gasteiger partial charge is 0.359 e. The van der Waals surface area contributed by atoms with Crippen LogP contribution >= 0.6 is 0 Å². The topological polar surface area (TPSA) is 75.3 Å². The lowest BCUT2D eigenvalue weighted by Crippen LogP contribution is -2.37. The first-order valence-corrected chi connectivity index (χ1v) is 7.49. The van der Waals surface area contributed by atoms with Crippen LogP contribution in [-0.2, 0) is 13.0 Å².